The molecule has 1 atom stereocenters. The van der Waals surface area contributed by atoms with E-state index >= 15 is 0 Å². The number of hydrogen-bond donors (Lipinski definition) is 1. The molecular weight excluding hydrogens is 526 g/mol. The molecule has 0 fully saturated rings. The molecule has 0 saturated heterocycles. The smallest absolute Gasteiger partial charge is 0.264 e. The molecule has 1 N–H and O–H groups in total. The van der Waals surface area contributed by atoms with Crippen LogP contribution in [0, 0.1) is 6.92 Å². The topological polar surface area (TPSA) is 96.0 Å². The van der Waals surface area contributed by atoms with Gasteiger partial charge in [-0.25, -0.2) is 8.42 Å². The molecule has 3 aromatic rings. The summed E-state index contributed by atoms with van der Waals surface area (Å²) in [6.07, 6.45) is 0. The minimum Gasteiger partial charge on any atom is -0.494 e. The first kappa shape index (κ1) is 30.7. The summed E-state index contributed by atoms with van der Waals surface area (Å²) in [5.74, 6) is -0.282. The number of anilines is 1. The predicted octanol–water partition coefficient (Wildman–Crippen LogP) is 4.92. The number of carbonyl (C=O) groups excluding carboxylic acids is 2. The van der Waals surface area contributed by atoms with E-state index < -0.39 is 34.1 Å². The fourth-order valence-corrected chi connectivity index (χ4v) is 5.49. The van der Waals surface area contributed by atoms with Gasteiger partial charge in [-0.05, 0) is 83.5 Å². The lowest BCUT2D eigenvalue weighted by Crippen LogP contribution is -2.54. The van der Waals surface area contributed by atoms with E-state index in [1.54, 1.807) is 49.4 Å². The van der Waals surface area contributed by atoms with Crippen LogP contribution in [0.25, 0.3) is 0 Å². The van der Waals surface area contributed by atoms with Crippen LogP contribution in [0.5, 0.6) is 5.75 Å². The van der Waals surface area contributed by atoms with E-state index in [9.17, 15) is 18.0 Å². The van der Waals surface area contributed by atoms with Gasteiger partial charge in [-0.1, -0.05) is 48.0 Å². The van der Waals surface area contributed by atoms with Gasteiger partial charge >= 0.3 is 0 Å². The second-order valence-electron chi connectivity index (χ2n) is 10.7. The van der Waals surface area contributed by atoms with Crippen LogP contribution in [0.15, 0.2) is 83.8 Å². The maximum atomic E-state index is 13.9. The molecular formula is C31H39N3O5S. The average molecular weight is 566 g/mol. The summed E-state index contributed by atoms with van der Waals surface area (Å²) in [5, 5.41) is 2.93. The molecule has 0 aliphatic heterocycles. The Morgan fingerprint density at radius 2 is 1.52 bits per heavy atom. The van der Waals surface area contributed by atoms with Gasteiger partial charge < -0.3 is 15.0 Å². The number of sulfonamides is 1. The van der Waals surface area contributed by atoms with Crippen LogP contribution >= 0.6 is 0 Å². The molecule has 0 radical (unpaired) electrons. The summed E-state index contributed by atoms with van der Waals surface area (Å²) in [6.45, 7) is 11.2. The molecule has 0 saturated carbocycles. The summed E-state index contributed by atoms with van der Waals surface area (Å²) in [7, 11) is -4.14. The highest BCUT2D eigenvalue weighted by atomic mass is 32.2. The van der Waals surface area contributed by atoms with Gasteiger partial charge in [0.1, 0.15) is 18.3 Å². The van der Waals surface area contributed by atoms with Crippen molar-refractivity contribution >= 4 is 27.5 Å². The Morgan fingerprint density at radius 3 is 2.08 bits per heavy atom. The molecule has 214 valence electrons. The van der Waals surface area contributed by atoms with Gasteiger partial charge in [0.25, 0.3) is 10.0 Å². The van der Waals surface area contributed by atoms with Crippen LogP contribution in [-0.4, -0.2) is 49.9 Å². The third kappa shape index (κ3) is 8.08. The van der Waals surface area contributed by atoms with E-state index in [-0.39, 0.29) is 17.3 Å². The largest absolute Gasteiger partial charge is 0.494 e. The molecule has 0 aliphatic rings. The summed E-state index contributed by atoms with van der Waals surface area (Å²) in [5.41, 5.74) is 1.73. The normalized spacial score (nSPS) is 12.3. The number of amides is 2. The molecule has 3 aromatic carbocycles. The van der Waals surface area contributed by atoms with Gasteiger partial charge in [-0.2, -0.15) is 0 Å². The SMILES string of the molecule is CCOc1ccc(S(=O)(=O)N(CC(=O)N(Cc2ccc(C)cc2)[C@@H](C)C(=O)NC(C)(C)C)c2ccccc2)cc1. The van der Waals surface area contributed by atoms with Crippen molar-refractivity contribution in [1.29, 1.82) is 0 Å². The lowest BCUT2D eigenvalue weighted by Gasteiger charge is -2.33. The van der Waals surface area contributed by atoms with Crippen LogP contribution in [0.1, 0.15) is 45.7 Å². The Kier molecular flexibility index (Phi) is 9.98. The van der Waals surface area contributed by atoms with Crippen LogP contribution in [0.3, 0.4) is 0 Å². The lowest BCUT2D eigenvalue weighted by molar-refractivity contribution is -0.140. The number of ether oxygens (including phenoxy) is 1. The monoisotopic (exact) mass is 565 g/mol. The van der Waals surface area contributed by atoms with E-state index in [0.717, 1.165) is 15.4 Å². The fourth-order valence-electron chi connectivity index (χ4n) is 4.07. The van der Waals surface area contributed by atoms with Gasteiger partial charge in [-0.15, -0.1) is 0 Å². The Balaban J connectivity index is 2.00. The number of aryl methyl sites for hydroxylation is 1. The van der Waals surface area contributed by atoms with Gasteiger partial charge in [0.05, 0.1) is 17.2 Å². The Hall–Kier alpha value is -3.85. The number of nitrogens with one attached hydrogen (secondary N) is 1. The highest BCUT2D eigenvalue weighted by Crippen LogP contribution is 2.26. The highest BCUT2D eigenvalue weighted by Gasteiger charge is 2.33. The van der Waals surface area contributed by atoms with Crippen molar-refractivity contribution in [2.45, 2.75) is 64.6 Å². The Labute approximate surface area is 238 Å². The van der Waals surface area contributed by atoms with Crippen LogP contribution < -0.4 is 14.4 Å². The number of nitrogens with zero attached hydrogens (tertiary/aromatic N) is 2. The van der Waals surface area contributed by atoms with Crippen LogP contribution in [-0.2, 0) is 26.2 Å². The summed E-state index contributed by atoms with van der Waals surface area (Å²) in [6, 6.07) is 21.4. The second-order valence-corrected chi connectivity index (χ2v) is 12.5. The van der Waals surface area contributed by atoms with Gasteiger partial charge in [-0.3, -0.25) is 13.9 Å². The van der Waals surface area contributed by atoms with Gasteiger partial charge in [0.2, 0.25) is 11.8 Å². The van der Waals surface area contributed by atoms with Crippen LogP contribution in [0.4, 0.5) is 5.69 Å². The van der Waals surface area contributed by atoms with Crippen molar-refractivity contribution in [2.75, 3.05) is 17.5 Å². The molecule has 3 rings (SSSR count). The maximum Gasteiger partial charge on any atom is 0.264 e. The molecule has 2 amide bonds. The first-order valence-corrected chi connectivity index (χ1v) is 14.7. The fraction of sp³-hybridized carbons (Fsp3) is 0.355. The van der Waals surface area contributed by atoms with Crippen molar-refractivity contribution in [1.82, 2.24) is 10.2 Å². The van der Waals surface area contributed by atoms with Crippen molar-refractivity contribution in [2.24, 2.45) is 0 Å². The minimum absolute atomic E-state index is 0.0243. The minimum atomic E-state index is -4.14. The lowest BCUT2D eigenvalue weighted by atomic mass is 10.1. The second kappa shape index (κ2) is 13.0. The van der Waals surface area contributed by atoms with Crippen LogP contribution in [0.2, 0.25) is 0 Å². The van der Waals surface area contributed by atoms with Gasteiger partial charge in [0.15, 0.2) is 0 Å². The predicted molar refractivity (Wildman–Crippen MR) is 158 cm³/mol. The number of benzene rings is 3. The zero-order valence-electron chi connectivity index (χ0n) is 24.0. The summed E-state index contributed by atoms with van der Waals surface area (Å²) < 4.78 is 34.3. The number of para-hydroxylation sites is 1. The Morgan fingerprint density at radius 1 is 0.925 bits per heavy atom. The molecule has 0 spiro atoms. The molecule has 0 bridgehead atoms. The number of rotatable bonds is 11. The molecule has 0 aromatic heterocycles. The summed E-state index contributed by atoms with van der Waals surface area (Å²) in [4.78, 5) is 28.6. The third-order valence-electron chi connectivity index (χ3n) is 6.18. The first-order chi connectivity index (χ1) is 18.8. The van der Waals surface area contributed by atoms with E-state index in [0.29, 0.717) is 18.0 Å². The zero-order chi connectivity index (χ0) is 29.5. The first-order valence-electron chi connectivity index (χ1n) is 13.3. The van der Waals surface area contributed by atoms with E-state index in [4.69, 9.17) is 4.74 Å². The molecule has 0 unspecified atom stereocenters. The number of carbonyl (C=O) groups is 2. The maximum absolute atomic E-state index is 13.9. The zero-order valence-corrected chi connectivity index (χ0v) is 24.9. The van der Waals surface area contributed by atoms with Crippen molar-refractivity contribution < 1.29 is 22.7 Å². The molecule has 0 aliphatic carbocycles. The summed E-state index contributed by atoms with van der Waals surface area (Å²) >= 11 is 0. The molecule has 9 heteroatoms. The van der Waals surface area contributed by atoms with E-state index in [1.807, 2.05) is 58.9 Å². The van der Waals surface area contributed by atoms with E-state index in [2.05, 4.69) is 5.32 Å². The quantitative estimate of drug-likeness (QED) is 0.356. The van der Waals surface area contributed by atoms with Gasteiger partial charge in [0, 0.05) is 12.1 Å². The average Bonchev–Trinajstić information content (AvgIpc) is 2.91. The number of hydrogen-bond acceptors (Lipinski definition) is 5. The standard InChI is InChI=1S/C31H39N3O5S/c1-7-39-27-17-19-28(20-18-27)40(37,38)34(26-11-9-8-10-12-26)22-29(35)33(21-25-15-13-23(2)14-16-25)24(3)30(36)32-31(4,5)6/h8-20,24H,7,21-22H2,1-6H3,(H,32,36)/t24-/m0/s1. The molecule has 0 heterocycles. The molecule has 8 nitrogen and oxygen atoms in total. The van der Waals surface area contributed by atoms with Crippen molar-refractivity contribution in [3.63, 3.8) is 0 Å². The van der Waals surface area contributed by atoms with Crippen molar-refractivity contribution in [3.8, 4) is 5.75 Å². The van der Waals surface area contributed by atoms with E-state index in [1.165, 1.54) is 17.0 Å². The Bertz CT molecular complexity index is 1380. The highest BCUT2D eigenvalue weighted by molar-refractivity contribution is 7.92. The molecule has 40 heavy (non-hydrogen) atoms. The third-order valence-corrected chi connectivity index (χ3v) is 7.97. The van der Waals surface area contributed by atoms with Crippen molar-refractivity contribution in [3.05, 3.63) is 90.0 Å².